The number of hydrogen-bond donors (Lipinski definition) is 1. The standard InChI is InChI=1S/C20H33NO4/c1-2-3-4-5-6-7-8-9-10-11-12-13-17(22)16-19(23)21-18-14-15-25-20(18)24/h7-8,18H,2-6,9-16H2,1H3,(H,21,23)/b8-7-/t18-/m0/s1. The summed E-state index contributed by atoms with van der Waals surface area (Å²) in [6, 6.07) is -0.575. The lowest BCUT2D eigenvalue weighted by atomic mass is 10.1. The molecule has 0 radical (unpaired) electrons. The summed E-state index contributed by atoms with van der Waals surface area (Å²) in [6.07, 6.45) is 15.6. The quantitative estimate of drug-likeness (QED) is 0.223. The molecular formula is C20H33NO4. The fourth-order valence-electron chi connectivity index (χ4n) is 2.83. The zero-order chi connectivity index (χ0) is 18.3. The van der Waals surface area contributed by atoms with Gasteiger partial charge in [-0.2, -0.15) is 0 Å². The van der Waals surface area contributed by atoms with E-state index in [1.807, 2.05) is 0 Å². The second kappa shape index (κ2) is 13.6. The number of cyclic esters (lactones) is 1. The molecule has 142 valence electrons. The van der Waals surface area contributed by atoms with E-state index in [4.69, 9.17) is 4.74 Å². The number of carbonyl (C=O) groups is 3. The fourth-order valence-corrected chi connectivity index (χ4v) is 2.83. The topological polar surface area (TPSA) is 72.5 Å². The van der Waals surface area contributed by atoms with Crippen LogP contribution in [0.25, 0.3) is 0 Å². The van der Waals surface area contributed by atoms with E-state index in [0.29, 0.717) is 19.4 Å². The number of nitrogens with one attached hydrogen (secondary N) is 1. The van der Waals surface area contributed by atoms with E-state index in [2.05, 4.69) is 24.4 Å². The zero-order valence-corrected chi connectivity index (χ0v) is 15.6. The van der Waals surface area contributed by atoms with Crippen LogP contribution in [0.2, 0.25) is 0 Å². The van der Waals surface area contributed by atoms with Crippen molar-refractivity contribution in [1.82, 2.24) is 5.32 Å². The van der Waals surface area contributed by atoms with Gasteiger partial charge in [-0.1, -0.05) is 44.8 Å². The Hall–Kier alpha value is -1.65. The Kier molecular flexibility index (Phi) is 11.7. The van der Waals surface area contributed by atoms with Gasteiger partial charge >= 0.3 is 5.97 Å². The Bertz CT molecular complexity index is 445. The smallest absolute Gasteiger partial charge is 0.328 e. The van der Waals surface area contributed by atoms with Crippen LogP contribution in [0.15, 0.2) is 12.2 Å². The van der Waals surface area contributed by atoms with Crippen molar-refractivity contribution in [2.24, 2.45) is 0 Å². The number of carbonyl (C=O) groups excluding carboxylic acids is 3. The third kappa shape index (κ3) is 10.7. The minimum atomic E-state index is -0.575. The molecule has 1 aliphatic rings. The highest BCUT2D eigenvalue weighted by Gasteiger charge is 2.28. The first kappa shape index (κ1) is 21.4. The number of esters is 1. The zero-order valence-electron chi connectivity index (χ0n) is 15.6. The minimum Gasteiger partial charge on any atom is -0.464 e. The van der Waals surface area contributed by atoms with Crippen molar-refractivity contribution in [2.75, 3.05) is 6.61 Å². The van der Waals surface area contributed by atoms with Gasteiger partial charge in [0.05, 0.1) is 13.0 Å². The molecule has 0 saturated carbocycles. The Balaban J connectivity index is 1.95. The Labute approximate surface area is 151 Å². The van der Waals surface area contributed by atoms with Gasteiger partial charge < -0.3 is 10.1 Å². The van der Waals surface area contributed by atoms with Crippen LogP contribution in [-0.4, -0.2) is 30.3 Å². The van der Waals surface area contributed by atoms with Gasteiger partial charge in [0.15, 0.2) is 0 Å². The van der Waals surface area contributed by atoms with Gasteiger partial charge in [0, 0.05) is 12.8 Å². The Morgan fingerprint density at radius 2 is 1.76 bits per heavy atom. The average Bonchev–Trinajstić information content (AvgIpc) is 2.97. The predicted molar refractivity (Wildman–Crippen MR) is 98.1 cm³/mol. The van der Waals surface area contributed by atoms with Gasteiger partial charge in [-0.05, 0) is 32.1 Å². The molecule has 1 rings (SSSR count). The van der Waals surface area contributed by atoms with Gasteiger partial charge in [0.25, 0.3) is 0 Å². The first-order valence-electron chi connectivity index (χ1n) is 9.76. The van der Waals surface area contributed by atoms with E-state index < -0.39 is 12.0 Å². The highest BCUT2D eigenvalue weighted by molar-refractivity contribution is 5.99. The molecule has 5 nitrogen and oxygen atoms in total. The van der Waals surface area contributed by atoms with Crippen LogP contribution in [0.5, 0.6) is 0 Å². The van der Waals surface area contributed by atoms with Crippen molar-refractivity contribution in [3.8, 4) is 0 Å². The summed E-state index contributed by atoms with van der Waals surface area (Å²) >= 11 is 0. The van der Waals surface area contributed by atoms with Crippen LogP contribution in [0.1, 0.15) is 84.0 Å². The van der Waals surface area contributed by atoms with Crippen molar-refractivity contribution in [3.63, 3.8) is 0 Å². The third-order valence-corrected chi connectivity index (χ3v) is 4.35. The fraction of sp³-hybridized carbons (Fsp3) is 0.750. The van der Waals surface area contributed by atoms with Crippen LogP contribution in [0.3, 0.4) is 0 Å². The number of rotatable bonds is 14. The van der Waals surface area contributed by atoms with Crippen molar-refractivity contribution >= 4 is 17.7 Å². The van der Waals surface area contributed by atoms with Gasteiger partial charge in [-0.25, -0.2) is 4.79 Å². The summed E-state index contributed by atoms with van der Waals surface area (Å²) in [5.74, 6) is -0.839. The van der Waals surface area contributed by atoms with Crippen molar-refractivity contribution < 1.29 is 19.1 Å². The maximum Gasteiger partial charge on any atom is 0.328 e. The number of amides is 1. The molecule has 1 N–H and O–H groups in total. The lowest BCUT2D eigenvalue weighted by Gasteiger charge is -2.08. The largest absolute Gasteiger partial charge is 0.464 e. The summed E-state index contributed by atoms with van der Waals surface area (Å²) in [7, 11) is 0. The number of hydrogen-bond acceptors (Lipinski definition) is 4. The van der Waals surface area contributed by atoms with Crippen molar-refractivity contribution in [1.29, 1.82) is 0 Å². The summed E-state index contributed by atoms with van der Waals surface area (Å²) in [5, 5.41) is 2.56. The lowest BCUT2D eigenvalue weighted by Crippen LogP contribution is -2.38. The second-order valence-corrected chi connectivity index (χ2v) is 6.71. The molecule has 0 aromatic heterocycles. The molecule has 1 saturated heterocycles. The van der Waals surface area contributed by atoms with Crippen LogP contribution < -0.4 is 5.32 Å². The molecule has 1 amide bonds. The average molecular weight is 351 g/mol. The van der Waals surface area contributed by atoms with Gasteiger partial charge in [-0.3, -0.25) is 9.59 Å². The highest BCUT2D eigenvalue weighted by atomic mass is 16.5. The van der Waals surface area contributed by atoms with E-state index in [0.717, 1.165) is 25.7 Å². The number of ketones is 1. The molecule has 25 heavy (non-hydrogen) atoms. The van der Waals surface area contributed by atoms with E-state index in [1.54, 1.807) is 0 Å². The molecule has 5 heteroatoms. The summed E-state index contributed by atoms with van der Waals surface area (Å²) < 4.78 is 4.77. The van der Waals surface area contributed by atoms with Crippen molar-refractivity contribution in [3.05, 3.63) is 12.2 Å². The first-order chi connectivity index (χ1) is 12.1. The predicted octanol–water partition coefficient (Wildman–Crippen LogP) is 3.85. The maximum atomic E-state index is 11.8. The molecule has 0 aliphatic carbocycles. The van der Waals surface area contributed by atoms with E-state index in [-0.39, 0.29) is 18.1 Å². The molecule has 1 aliphatic heterocycles. The third-order valence-electron chi connectivity index (χ3n) is 4.35. The second-order valence-electron chi connectivity index (χ2n) is 6.71. The Morgan fingerprint density at radius 3 is 2.36 bits per heavy atom. The summed E-state index contributed by atoms with van der Waals surface area (Å²) in [4.78, 5) is 34.7. The molecule has 1 fully saturated rings. The maximum absolute atomic E-state index is 11.8. The molecule has 0 aromatic rings. The Morgan fingerprint density at radius 1 is 1.08 bits per heavy atom. The lowest BCUT2D eigenvalue weighted by molar-refractivity contribution is -0.142. The molecule has 0 bridgehead atoms. The normalized spacial score (nSPS) is 17.0. The van der Waals surface area contributed by atoms with Crippen LogP contribution in [-0.2, 0) is 19.1 Å². The van der Waals surface area contributed by atoms with Gasteiger partial charge in [0.1, 0.15) is 11.8 Å². The molecular weight excluding hydrogens is 318 g/mol. The molecule has 0 spiro atoms. The van der Waals surface area contributed by atoms with E-state index >= 15 is 0 Å². The van der Waals surface area contributed by atoms with Gasteiger partial charge in [-0.15, -0.1) is 0 Å². The van der Waals surface area contributed by atoms with Crippen LogP contribution in [0.4, 0.5) is 0 Å². The van der Waals surface area contributed by atoms with Crippen LogP contribution in [0, 0.1) is 0 Å². The molecule has 0 unspecified atom stereocenters. The number of Topliss-reactive ketones (excluding diaryl/α,β-unsaturated/α-hetero) is 1. The number of ether oxygens (including phenoxy) is 1. The summed E-state index contributed by atoms with van der Waals surface area (Å²) in [6.45, 7) is 2.56. The SMILES string of the molecule is CCCCCC/C=C\CCCCCC(=O)CC(=O)N[C@H]1CCOC1=O. The van der Waals surface area contributed by atoms with Gasteiger partial charge in [0.2, 0.25) is 5.91 Å². The van der Waals surface area contributed by atoms with Crippen LogP contribution >= 0.6 is 0 Å². The first-order valence-corrected chi connectivity index (χ1v) is 9.76. The van der Waals surface area contributed by atoms with E-state index in [9.17, 15) is 14.4 Å². The number of unbranched alkanes of at least 4 members (excludes halogenated alkanes) is 7. The molecule has 0 aromatic carbocycles. The molecule has 1 atom stereocenters. The van der Waals surface area contributed by atoms with E-state index in [1.165, 1.54) is 32.1 Å². The summed E-state index contributed by atoms with van der Waals surface area (Å²) in [5.41, 5.74) is 0. The highest BCUT2D eigenvalue weighted by Crippen LogP contribution is 2.09. The minimum absolute atomic E-state index is 0.0599. The van der Waals surface area contributed by atoms with Crippen molar-refractivity contribution in [2.45, 2.75) is 90.0 Å². The number of allylic oxidation sites excluding steroid dienone is 2. The monoisotopic (exact) mass is 351 g/mol. The molecule has 1 heterocycles.